The van der Waals surface area contributed by atoms with Crippen LogP contribution in [-0.2, 0) is 9.59 Å². The minimum absolute atomic E-state index is 0.110. The smallest absolute Gasteiger partial charge is 0.282 e. The number of ether oxygens (including phenoxy) is 1. The normalized spacial score (nSPS) is 15.2. The van der Waals surface area contributed by atoms with Gasteiger partial charge in [-0.05, 0) is 41.6 Å². The van der Waals surface area contributed by atoms with Crippen LogP contribution in [0.1, 0.15) is 25.3 Å². The van der Waals surface area contributed by atoms with Gasteiger partial charge in [-0.25, -0.2) is 5.01 Å². The summed E-state index contributed by atoms with van der Waals surface area (Å²) in [6, 6.07) is 20.7. The van der Waals surface area contributed by atoms with Crippen molar-refractivity contribution in [1.29, 1.82) is 0 Å². The third-order valence-corrected chi connectivity index (χ3v) is 4.88. The van der Waals surface area contributed by atoms with E-state index >= 15 is 0 Å². The molecule has 0 aliphatic carbocycles. The molecule has 2 amide bonds. The van der Waals surface area contributed by atoms with E-state index in [0.717, 1.165) is 34.9 Å². The lowest BCUT2D eigenvalue weighted by Crippen LogP contribution is -2.35. The van der Waals surface area contributed by atoms with E-state index in [2.05, 4.69) is 12.3 Å². The van der Waals surface area contributed by atoms with E-state index in [4.69, 9.17) is 4.74 Å². The quantitative estimate of drug-likeness (QED) is 0.386. The lowest BCUT2D eigenvalue weighted by Gasteiger charge is -2.14. The van der Waals surface area contributed by atoms with Crippen molar-refractivity contribution in [2.75, 3.05) is 11.6 Å². The molecule has 1 N–H and O–H groups in total. The fourth-order valence-corrected chi connectivity index (χ4v) is 3.34. The van der Waals surface area contributed by atoms with E-state index in [1.54, 1.807) is 18.2 Å². The Kier molecular flexibility index (Phi) is 5.29. The van der Waals surface area contributed by atoms with Crippen LogP contribution in [0.25, 0.3) is 16.8 Å². The first kappa shape index (κ1) is 18.7. The zero-order valence-corrected chi connectivity index (χ0v) is 16.2. The van der Waals surface area contributed by atoms with Gasteiger partial charge in [0.2, 0.25) is 0 Å². The molecule has 0 aromatic heterocycles. The topological polar surface area (TPSA) is 58.6 Å². The van der Waals surface area contributed by atoms with Crippen LogP contribution in [0.3, 0.4) is 0 Å². The summed E-state index contributed by atoms with van der Waals surface area (Å²) < 4.78 is 5.93. The average molecular weight is 386 g/mol. The van der Waals surface area contributed by atoms with Crippen LogP contribution in [0, 0.1) is 0 Å². The van der Waals surface area contributed by atoms with Crippen LogP contribution >= 0.6 is 0 Å². The number of rotatable bonds is 6. The van der Waals surface area contributed by atoms with Gasteiger partial charge >= 0.3 is 0 Å². The second-order valence-electron chi connectivity index (χ2n) is 6.88. The summed E-state index contributed by atoms with van der Waals surface area (Å²) in [7, 11) is 0. The molecule has 1 aliphatic heterocycles. The number of nitrogens with one attached hydrogen (secondary N) is 1. The molecule has 0 unspecified atom stereocenters. The van der Waals surface area contributed by atoms with Crippen molar-refractivity contribution in [3.8, 4) is 5.75 Å². The summed E-state index contributed by atoms with van der Waals surface area (Å²) in [5, 5.41) is 3.18. The summed E-state index contributed by atoms with van der Waals surface area (Å²) >= 11 is 0. The maximum Gasteiger partial charge on any atom is 0.282 e. The second-order valence-corrected chi connectivity index (χ2v) is 6.88. The number of para-hydroxylation sites is 1. The second kappa shape index (κ2) is 8.19. The Labute approximate surface area is 169 Å². The van der Waals surface area contributed by atoms with Crippen molar-refractivity contribution >= 4 is 34.4 Å². The molecule has 3 aromatic carbocycles. The molecule has 1 saturated heterocycles. The van der Waals surface area contributed by atoms with Crippen molar-refractivity contribution in [3.63, 3.8) is 0 Å². The number of hydrogen-bond acceptors (Lipinski definition) is 3. The fraction of sp³-hybridized carbons (Fsp3) is 0.167. The molecule has 1 aliphatic rings. The molecule has 0 bridgehead atoms. The molecule has 0 saturated carbocycles. The van der Waals surface area contributed by atoms with Crippen molar-refractivity contribution in [2.24, 2.45) is 0 Å². The molecule has 0 atom stereocenters. The largest absolute Gasteiger partial charge is 0.493 e. The molecule has 0 spiro atoms. The first-order chi connectivity index (χ1) is 14.2. The van der Waals surface area contributed by atoms with Gasteiger partial charge in [0.15, 0.2) is 0 Å². The van der Waals surface area contributed by atoms with Gasteiger partial charge in [0.05, 0.1) is 12.3 Å². The molecule has 146 valence electrons. The van der Waals surface area contributed by atoms with Crippen LogP contribution in [0.4, 0.5) is 5.69 Å². The Morgan fingerprint density at radius 3 is 2.41 bits per heavy atom. The zero-order chi connectivity index (χ0) is 20.2. The van der Waals surface area contributed by atoms with Crippen molar-refractivity contribution < 1.29 is 14.3 Å². The molecule has 3 aromatic rings. The van der Waals surface area contributed by atoms with Gasteiger partial charge in [-0.3, -0.25) is 15.0 Å². The van der Waals surface area contributed by atoms with E-state index in [-0.39, 0.29) is 11.5 Å². The number of fused-ring (bicyclic) bond motifs is 1. The minimum Gasteiger partial charge on any atom is -0.493 e. The number of carbonyl (C=O) groups excluding carboxylic acids is 2. The van der Waals surface area contributed by atoms with Gasteiger partial charge in [0.25, 0.3) is 11.8 Å². The average Bonchev–Trinajstić information content (AvgIpc) is 3.04. The molecule has 4 rings (SSSR count). The first-order valence-corrected chi connectivity index (χ1v) is 9.76. The Hall–Kier alpha value is -3.60. The van der Waals surface area contributed by atoms with Crippen molar-refractivity contribution in [1.82, 2.24) is 5.43 Å². The lowest BCUT2D eigenvalue weighted by atomic mass is 10.0. The molecule has 0 radical (unpaired) electrons. The highest BCUT2D eigenvalue weighted by molar-refractivity contribution is 6.32. The van der Waals surface area contributed by atoms with Gasteiger partial charge in [-0.2, -0.15) is 0 Å². The van der Waals surface area contributed by atoms with Crippen LogP contribution in [0.15, 0.2) is 72.3 Å². The summed E-state index contributed by atoms with van der Waals surface area (Å²) in [4.78, 5) is 25.3. The Morgan fingerprint density at radius 2 is 1.66 bits per heavy atom. The highest BCUT2D eigenvalue weighted by atomic mass is 16.5. The number of nitrogens with zero attached hydrogens (tertiary/aromatic N) is 1. The number of benzene rings is 3. The summed E-state index contributed by atoms with van der Waals surface area (Å²) in [5.74, 6) is 0.0315. The number of hydrogen-bond donors (Lipinski definition) is 1. The molecule has 1 fully saturated rings. The van der Waals surface area contributed by atoms with E-state index < -0.39 is 5.91 Å². The van der Waals surface area contributed by atoms with E-state index in [0.29, 0.717) is 12.3 Å². The molecule has 5 nitrogen and oxygen atoms in total. The molecular weight excluding hydrogens is 364 g/mol. The van der Waals surface area contributed by atoms with Gasteiger partial charge in [-0.1, -0.05) is 61.9 Å². The summed E-state index contributed by atoms with van der Waals surface area (Å²) in [5.41, 5.74) is 4.17. The van der Waals surface area contributed by atoms with E-state index in [1.165, 1.54) is 5.01 Å². The van der Waals surface area contributed by atoms with Gasteiger partial charge in [0, 0.05) is 5.39 Å². The molecule has 29 heavy (non-hydrogen) atoms. The minimum atomic E-state index is -0.411. The van der Waals surface area contributed by atoms with E-state index in [1.807, 2.05) is 54.6 Å². The predicted octanol–water partition coefficient (Wildman–Crippen LogP) is 4.48. The van der Waals surface area contributed by atoms with Crippen molar-refractivity contribution in [2.45, 2.75) is 19.8 Å². The van der Waals surface area contributed by atoms with Crippen molar-refractivity contribution in [3.05, 3.63) is 77.9 Å². The molecular formula is C24H22N2O3. The Bertz CT molecular complexity index is 1090. The maximum absolute atomic E-state index is 12.8. The van der Waals surface area contributed by atoms with Gasteiger partial charge in [0.1, 0.15) is 11.3 Å². The number of hydrazine groups is 1. The standard InChI is InChI=1S/C24H22N2O3/c1-2-3-15-29-22-14-13-17(19-11-7-8-12-20(19)22)16-21-23(27)25-26(24(21)28)18-9-5-4-6-10-18/h4-14,16H,2-3,15H2,1H3,(H,25,27)/b21-16-. The van der Waals surface area contributed by atoms with Crippen LogP contribution < -0.4 is 15.2 Å². The molecule has 1 heterocycles. The Balaban J connectivity index is 1.70. The predicted molar refractivity (Wildman–Crippen MR) is 114 cm³/mol. The summed E-state index contributed by atoms with van der Waals surface area (Å²) in [6.45, 7) is 2.78. The number of amides is 2. The van der Waals surface area contributed by atoms with Gasteiger partial charge < -0.3 is 4.74 Å². The van der Waals surface area contributed by atoms with Crippen LogP contribution in [0.5, 0.6) is 5.75 Å². The SMILES string of the molecule is CCCCOc1ccc(/C=C2/C(=O)NN(c3ccccc3)C2=O)c2ccccc12. The Morgan fingerprint density at radius 1 is 0.931 bits per heavy atom. The van der Waals surface area contributed by atoms with E-state index in [9.17, 15) is 9.59 Å². The van der Waals surface area contributed by atoms with Gasteiger partial charge in [-0.15, -0.1) is 0 Å². The fourth-order valence-electron chi connectivity index (χ4n) is 3.34. The lowest BCUT2D eigenvalue weighted by molar-refractivity contribution is -0.117. The number of unbranched alkanes of at least 4 members (excludes halogenated alkanes) is 1. The zero-order valence-electron chi connectivity index (χ0n) is 16.2. The third-order valence-electron chi connectivity index (χ3n) is 4.88. The summed E-state index contributed by atoms with van der Waals surface area (Å²) in [6.07, 6.45) is 3.71. The number of carbonyl (C=O) groups is 2. The third kappa shape index (κ3) is 3.72. The van der Waals surface area contributed by atoms with Crippen LogP contribution in [0.2, 0.25) is 0 Å². The van der Waals surface area contributed by atoms with Crippen LogP contribution in [-0.4, -0.2) is 18.4 Å². The number of anilines is 1. The maximum atomic E-state index is 12.8. The highest BCUT2D eigenvalue weighted by Gasteiger charge is 2.34. The monoisotopic (exact) mass is 386 g/mol. The molecule has 5 heteroatoms. The first-order valence-electron chi connectivity index (χ1n) is 9.76. The highest BCUT2D eigenvalue weighted by Crippen LogP contribution is 2.31.